The highest BCUT2D eigenvalue weighted by atomic mass is 19.1. The number of anilines is 3. The van der Waals surface area contributed by atoms with E-state index in [0.29, 0.717) is 19.0 Å². The van der Waals surface area contributed by atoms with E-state index in [9.17, 15) is 9.18 Å². The Hall–Kier alpha value is -3.00. The largest absolute Gasteiger partial charge is 0.363 e. The molecule has 0 spiro atoms. The molecule has 0 radical (unpaired) electrons. The Labute approximate surface area is 169 Å². The zero-order valence-electron chi connectivity index (χ0n) is 16.2. The van der Waals surface area contributed by atoms with Crippen molar-refractivity contribution < 1.29 is 9.18 Å². The van der Waals surface area contributed by atoms with Crippen molar-refractivity contribution in [3.63, 3.8) is 0 Å². The minimum Gasteiger partial charge on any atom is -0.363 e. The summed E-state index contributed by atoms with van der Waals surface area (Å²) in [6, 6.07) is 6.09. The molecule has 2 aromatic rings. The van der Waals surface area contributed by atoms with Gasteiger partial charge in [0.1, 0.15) is 0 Å². The molecule has 152 valence electrons. The Morgan fingerprint density at radius 3 is 3.14 bits per heavy atom. The van der Waals surface area contributed by atoms with E-state index in [1.54, 1.807) is 4.90 Å². The normalized spacial score (nSPS) is 18.7. The molecule has 1 aromatic carbocycles. The second-order valence-electron chi connectivity index (χ2n) is 7.40. The van der Waals surface area contributed by atoms with Crippen molar-refractivity contribution >= 4 is 23.4 Å². The molecule has 3 heterocycles. The van der Waals surface area contributed by atoms with Gasteiger partial charge in [0.2, 0.25) is 11.9 Å². The fraction of sp³-hybridized carbons (Fsp3) is 0.381. The topological polar surface area (TPSA) is 82.2 Å². The lowest BCUT2D eigenvalue weighted by atomic mass is 10.0. The Kier molecular flexibility index (Phi) is 5.71. The van der Waals surface area contributed by atoms with Crippen LogP contribution in [-0.2, 0) is 17.8 Å². The van der Waals surface area contributed by atoms with Crippen LogP contribution in [0.15, 0.2) is 37.1 Å². The molecule has 1 fully saturated rings. The number of nitrogens with zero attached hydrogens (tertiary/aromatic N) is 3. The molecule has 3 N–H and O–H groups in total. The first-order chi connectivity index (χ1) is 14.1. The molecule has 7 nitrogen and oxygen atoms in total. The van der Waals surface area contributed by atoms with E-state index in [1.165, 1.54) is 17.2 Å². The highest BCUT2D eigenvalue weighted by Gasteiger charge is 2.23. The third kappa shape index (κ3) is 4.54. The number of halogens is 1. The maximum absolute atomic E-state index is 14.3. The number of nitrogens with one attached hydrogen (secondary N) is 3. The molecule has 1 unspecified atom stereocenters. The molecule has 0 bridgehead atoms. The van der Waals surface area contributed by atoms with Gasteiger partial charge in [0.15, 0.2) is 11.6 Å². The first-order valence-corrected chi connectivity index (χ1v) is 9.92. The molecule has 1 atom stereocenters. The third-order valence-electron chi connectivity index (χ3n) is 5.34. The Balaban J connectivity index is 1.46. The predicted octanol–water partition coefficient (Wildman–Crippen LogP) is 2.59. The minimum absolute atomic E-state index is 0.0684. The van der Waals surface area contributed by atoms with Gasteiger partial charge in [-0.2, -0.15) is 4.98 Å². The summed E-state index contributed by atoms with van der Waals surface area (Å²) < 4.78 is 14.3. The second-order valence-corrected chi connectivity index (χ2v) is 7.40. The quantitative estimate of drug-likeness (QED) is 0.674. The number of carbonyl (C=O) groups is 1. The molecule has 2 aliphatic rings. The first kappa shape index (κ1) is 19.3. The van der Waals surface area contributed by atoms with Gasteiger partial charge in [-0.1, -0.05) is 12.6 Å². The van der Waals surface area contributed by atoms with Gasteiger partial charge in [0.05, 0.1) is 6.20 Å². The number of aromatic nitrogens is 2. The summed E-state index contributed by atoms with van der Waals surface area (Å²) in [5.74, 6) is -0.149. The van der Waals surface area contributed by atoms with Gasteiger partial charge in [-0.05, 0) is 55.1 Å². The average Bonchev–Trinajstić information content (AvgIpc) is 2.75. The van der Waals surface area contributed by atoms with Crippen LogP contribution >= 0.6 is 0 Å². The van der Waals surface area contributed by atoms with E-state index in [-0.39, 0.29) is 17.8 Å². The maximum atomic E-state index is 14.3. The zero-order chi connectivity index (χ0) is 20.2. The van der Waals surface area contributed by atoms with E-state index >= 15 is 0 Å². The van der Waals surface area contributed by atoms with Crippen LogP contribution < -0.4 is 16.0 Å². The molecular formula is C21H25FN6O. The molecule has 1 aromatic heterocycles. The Morgan fingerprint density at radius 2 is 2.28 bits per heavy atom. The van der Waals surface area contributed by atoms with Crippen LogP contribution in [0.2, 0.25) is 0 Å². The summed E-state index contributed by atoms with van der Waals surface area (Å²) in [7, 11) is 0. The fourth-order valence-corrected chi connectivity index (χ4v) is 3.83. The number of hydrogen-bond acceptors (Lipinski definition) is 6. The molecule has 2 aliphatic heterocycles. The summed E-state index contributed by atoms with van der Waals surface area (Å²) in [4.78, 5) is 22.0. The molecule has 29 heavy (non-hydrogen) atoms. The number of amides is 1. The number of fused-ring (bicyclic) bond motifs is 1. The standard InChI is InChI=1S/C21H25FN6O/c1-2-19(29)28-9-3-4-17(13-28)25-20-18(22)12-24-21(27-20)26-16-6-5-15-11-23-8-7-14(15)10-16/h2,5-6,10,12,17,23H,1,3-4,7-9,11,13H2,(H2,24,25,26,27). The number of piperidine rings is 1. The maximum Gasteiger partial charge on any atom is 0.246 e. The Bertz CT molecular complexity index is 918. The zero-order valence-corrected chi connectivity index (χ0v) is 16.2. The summed E-state index contributed by atoms with van der Waals surface area (Å²) in [6.07, 6.45) is 5.13. The van der Waals surface area contributed by atoms with Gasteiger partial charge in [0, 0.05) is 31.4 Å². The van der Waals surface area contributed by atoms with Crippen molar-refractivity contribution in [3.05, 3.63) is 54.0 Å². The van der Waals surface area contributed by atoms with Crippen molar-refractivity contribution in [1.29, 1.82) is 0 Å². The third-order valence-corrected chi connectivity index (χ3v) is 5.34. The number of hydrogen-bond donors (Lipinski definition) is 3. The predicted molar refractivity (Wildman–Crippen MR) is 111 cm³/mol. The molecule has 8 heteroatoms. The van der Waals surface area contributed by atoms with Crippen LogP contribution in [0.4, 0.5) is 21.8 Å². The molecule has 1 amide bonds. The average molecular weight is 396 g/mol. The highest BCUT2D eigenvalue weighted by molar-refractivity contribution is 5.87. The van der Waals surface area contributed by atoms with Gasteiger partial charge in [0.25, 0.3) is 0 Å². The smallest absolute Gasteiger partial charge is 0.246 e. The summed E-state index contributed by atoms with van der Waals surface area (Å²) in [6.45, 7) is 6.56. The van der Waals surface area contributed by atoms with E-state index in [1.807, 2.05) is 6.07 Å². The van der Waals surface area contributed by atoms with Crippen molar-refractivity contribution in [2.24, 2.45) is 0 Å². The van der Waals surface area contributed by atoms with Crippen LogP contribution in [0, 0.1) is 5.82 Å². The molecule has 0 aliphatic carbocycles. The van der Waals surface area contributed by atoms with E-state index in [0.717, 1.165) is 44.2 Å². The van der Waals surface area contributed by atoms with Crippen LogP contribution in [0.1, 0.15) is 24.0 Å². The Morgan fingerprint density at radius 1 is 1.38 bits per heavy atom. The summed E-state index contributed by atoms with van der Waals surface area (Å²) in [5, 5.41) is 9.65. The number of carbonyl (C=O) groups excluding carboxylic acids is 1. The number of likely N-dealkylation sites (tertiary alicyclic amines) is 1. The molecule has 0 saturated carbocycles. The van der Waals surface area contributed by atoms with Crippen LogP contribution in [-0.4, -0.2) is 46.5 Å². The van der Waals surface area contributed by atoms with Crippen molar-refractivity contribution in [2.45, 2.75) is 31.8 Å². The van der Waals surface area contributed by atoms with E-state index < -0.39 is 5.82 Å². The van der Waals surface area contributed by atoms with Crippen LogP contribution in [0.5, 0.6) is 0 Å². The molecular weight excluding hydrogens is 371 g/mol. The van der Waals surface area contributed by atoms with E-state index in [4.69, 9.17) is 0 Å². The lowest BCUT2D eigenvalue weighted by Crippen LogP contribution is -2.44. The van der Waals surface area contributed by atoms with Crippen molar-refractivity contribution in [2.75, 3.05) is 30.3 Å². The van der Waals surface area contributed by atoms with Gasteiger partial charge < -0.3 is 20.9 Å². The van der Waals surface area contributed by atoms with Gasteiger partial charge in [-0.15, -0.1) is 0 Å². The second kappa shape index (κ2) is 8.57. The summed E-state index contributed by atoms with van der Waals surface area (Å²) >= 11 is 0. The fourth-order valence-electron chi connectivity index (χ4n) is 3.83. The van der Waals surface area contributed by atoms with E-state index in [2.05, 4.69) is 44.6 Å². The van der Waals surface area contributed by atoms with Crippen LogP contribution in [0.3, 0.4) is 0 Å². The first-order valence-electron chi connectivity index (χ1n) is 9.92. The monoisotopic (exact) mass is 396 g/mol. The summed E-state index contributed by atoms with van der Waals surface area (Å²) in [5.41, 5.74) is 3.46. The molecule has 4 rings (SSSR count). The SMILES string of the molecule is C=CC(=O)N1CCCC(Nc2nc(Nc3ccc4c(c3)CCNC4)ncc2F)C1. The van der Waals surface area contributed by atoms with Crippen molar-refractivity contribution in [1.82, 2.24) is 20.2 Å². The number of benzene rings is 1. The molecule has 1 saturated heterocycles. The lowest BCUT2D eigenvalue weighted by Gasteiger charge is -2.32. The number of rotatable bonds is 5. The van der Waals surface area contributed by atoms with Crippen LogP contribution in [0.25, 0.3) is 0 Å². The van der Waals surface area contributed by atoms with Gasteiger partial charge in [-0.25, -0.2) is 9.37 Å². The van der Waals surface area contributed by atoms with Crippen molar-refractivity contribution in [3.8, 4) is 0 Å². The van der Waals surface area contributed by atoms with Gasteiger partial charge in [-0.3, -0.25) is 4.79 Å². The van der Waals surface area contributed by atoms with Gasteiger partial charge >= 0.3 is 0 Å². The minimum atomic E-state index is -0.515. The lowest BCUT2D eigenvalue weighted by molar-refractivity contribution is -0.127. The highest BCUT2D eigenvalue weighted by Crippen LogP contribution is 2.23.